The van der Waals surface area contributed by atoms with Gasteiger partial charge in [0.25, 0.3) is 5.91 Å². The zero-order chi connectivity index (χ0) is 21.5. The third-order valence-electron chi connectivity index (χ3n) is 5.74. The van der Waals surface area contributed by atoms with E-state index in [0.29, 0.717) is 38.1 Å². The molecule has 0 atom stereocenters. The van der Waals surface area contributed by atoms with Gasteiger partial charge >= 0.3 is 0 Å². The fourth-order valence-corrected chi connectivity index (χ4v) is 6.30. The Balaban J connectivity index is 1.54. The molecule has 4 rings (SSSR count). The van der Waals surface area contributed by atoms with Crippen LogP contribution in [0.25, 0.3) is 0 Å². The molecule has 2 aromatic rings. The second kappa shape index (κ2) is 8.03. The number of ether oxygens (including phenoxy) is 1. The van der Waals surface area contributed by atoms with Crippen molar-refractivity contribution in [2.45, 2.75) is 30.4 Å². The number of carbonyl (C=O) groups excluding carboxylic acids is 1. The summed E-state index contributed by atoms with van der Waals surface area (Å²) in [5.74, 6) is -0.534. The molecule has 30 heavy (non-hydrogen) atoms. The van der Waals surface area contributed by atoms with E-state index >= 15 is 0 Å². The van der Waals surface area contributed by atoms with Gasteiger partial charge in [-0.05, 0) is 48.9 Å². The third-order valence-corrected chi connectivity index (χ3v) is 8.18. The van der Waals surface area contributed by atoms with Gasteiger partial charge in [0.2, 0.25) is 10.0 Å². The fraction of sp³-hybridized carbons (Fsp3) is 0.381. The summed E-state index contributed by atoms with van der Waals surface area (Å²) in [7, 11) is -3.85. The maximum Gasteiger partial charge on any atom is 0.253 e. The molecule has 160 valence electrons. The molecule has 2 fully saturated rings. The number of piperidine rings is 1. The van der Waals surface area contributed by atoms with Gasteiger partial charge in [-0.2, -0.15) is 4.31 Å². The van der Waals surface area contributed by atoms with Gasteiger partial charge in [0.05, 0.1) is 11.5 Å². The standard InChI is InChI=1S/C21H22BrFN2O4S/c1-15-13-18(5-6-19(15)23)30(27,28)25-11-12-29-21(25)7-9-24(10-8-21)20(26)16-3-2-4-17(22)14-16/h2-6,13-14H,7-12H2,1H3. The van der Waals surface area contributed by atoms with E-state index in [4.69, 9.17) is 4.74 Å². The summed E-state index contributed by atoms with van der Waals surface area (Å²) in [5.41, 5.74) is -0.117. The molecule has 1 amide bonds. The minimum absolute atomic E-state index is 0.0546. The lowest BCUT2D eigenvalue weighted by Gasteiger charge is -2.42. The lowest BCUT2D eigenvalue weighted by molar-refractivity contribution is -0.0857. The molecule has 0 unspecified atom stereocenters. The van der Waals surface area contributed by atoms with Crippen LogP contribution in [0.1, 0.15) is 28.8 Å². The highest BCUT2D eigenvalue weighted by Crippen LogP contribution is 2.38. The SMILES string of the molecule is Cc1cc(S(=O)(=O)N2CCOC23CCN(C(=O)c2cccc(Br)c2)CC3)ccc1F. The fourth-order valence-electron chi connectivity index (χ4n) is 4.10. The van der Waals surface area contributed by atoms with Crippen LogP contribution in [0.5, 0.6) is 0 Å². The van der Waals surface area contributed by atoms with Crippen molar-refractivity contribution in [2.24, 2.45) is 0 Å². The smallest absolute Gasteiger partial charge is 0.253 e. The van der Waals surface area contributed by atoms with Crippen LogP contribution in [-0.4, -0.2) is 55.5 Å². The van der Waals surface area contributed by atoms with E-state index in [1.165, 1.54) is 29.4 Å². The van der Waals surface area contributed by atoms with E-state index in [-0.39, 0.29) is 22.9 Å². The quantitative estimate of drug-likeness (QED) is 0.651. The van der Waals surface area contributed by atoms with Crippen molar-refractivity contribution in [3.8, 4) is 0 Å². The average Bonchev–Trinajstić information content (AvgIpc) is 3.14. The molecule has 0 aromatic heterocycles. The molecule has 0 saturated carbocycles. The molecular weight excluding hydrogens is 475 g/mol. The van der Waals surface area contributed by atoms with E-state index < -0.39 is 21.6 Å². The van der Waals surface area contributed by atoms with Crippen molar-refractivity contribution in [2.75, 3.05) is 26.2 Å². The number of carbonyl (C=O) groups is 1. The molecular formula is C21H22BrFN2O4S. The van der Waals surface area contributed by atoms with E-state index in [2.05, 4.69) is 15.9 Å². The number of hydrogen-bond acceptors (Lipinski definition) is 4. The molecule has 0 radical (unpaired) electrons. The first-order chi connectivity index (χ1) is 14.2. The maximum atomic E-state index is 13.6. The highest BCUT2D eigenvalue weighted by atomic mass is 79.9. The Bertz CT molecular complexity index is 1080. The number of aryl methyl sites for hydroxylation is 1. The first-order valence-electron chi connectivity index (χ1n) is 9.71. The summed E-state index contributed by atoms with van der Waals surface area (Å²) in [6.07, 6.45) is 0.762. The number of benzene rings is 2. The first-order valence-corrected chi connectivity index (χ1v) is 11.9. The van der Waals surface area contributed by atoms with Crippen molar-refractivity contribution in [3.05, 3.63) is 63.9 Å². The summed E-state index contributed by atoms with van der Waals surface area (Å²) in [6, 6.07) is 11.0. The van der Waals surface area contributed by atoms with E-state index in [0.717, 1.165) is 4.47 Å². The number of halogens is 2. The predicted molar refractivity (Wildman–Crippen MR) is 113 cm³/mol. The van der Waals surface area contributed by atoms with Gasteiger partial charge in [0.1, 0.15) is 11.5 Å². The van der Waals surface area contributed by atoms with Crippen molar-refractivity contribution in [3.63, 3.8) is 0 Å². The summed E-state index contributed by atoms with van der Waals surface area (Å²) in [4.78, 5) is 14.6. The Morgan fingerprint density at radius 1 is 1.13 bits per heavy atom. The van der Waals surface area contributed by atoms with Crippen LogP contribution in [0.4, 0.5) is 4.39 Å². The van der Waals surface area contributed by atoms with E-state index in [1.807, 2.05) is 12.1 Å². The van der Waals surface area contributed by atoms with Crippen molar-refractivity contribution < 1.29 is 22.3 Å². The van der Waals surface area contributed by atoms with Crippen LogP contribution in [0.15, 0.2) is 51.8 Å². The number of sulfonamides is 1. The largest absolute Gasteiger partial charge is 0.358 e. The highest BCUT2D eigenvalue weighted by Gasteiger charge is 2.51. The minimum Gasteiger partial charge on any atom is -0.358 e. The topological polar surface area (TPSA) is 66.9 Å². The number of likely N-dealkylation sites (tertiary alicyclic amines) is 1. The lowest BCUT2D eigenvalue weighted by Crippen LogP contribution is -2.55. The molecule has 0 aliphatic carbocycles. The molecule has 2 heterocycles. The van der Waals surface area contributed by atoms with Crippen LogP contribution in [-0.2, 0) is 14.8 Å². The summed E-state index contributed by atoms with van der Waals surface area (Å²) < 4.78 is 48.3. The zero-order valence-corrected chi connectivity index (χ0v) is 18.9. The van der Waals surface area contributed by atoms with Crippen molar-refractivity contribution in [1.29, 1.82) is 0 Å². The molecule has 0 N–H and O–H groups in total. The summed E-state index contributed by atoms with van der Waals surface area (Å²) in [5, 5.41) is 0. The summed E-state index contributed by atoms with van der Waals surface area (Å²) in [6.45, 7) is 2.84. The van der Waals surface area contributed by atoms with Gasteiger partial charge in [-0.25, -0.2) is 12.8 Å². The first kappa shape index (κ1) is 21.4. The predicted octanol–water partition coefficient (Wildman–Crippen LogP) is 3.55. The van der Waals surface area contributed by atoms with Crippen LogP contribution in [0, 0.1) is 12.7 Å². The Labute approximate surface area is 183 Å². The van der Waals surface area contributed by atoms with Gasteiger partial charge in [-0.1, -0.05) is 22.0 Å². The van der Waals surface area contributed by atoms with Crippen LogP contribution in [0.3, 0.4) is 0 Å². The highest BCUT2D eigenvalue weighted by molar-refractivity contribution is 9.10. The Kier molecular flexibility index (Phi) is 5.73. The van der Waals surface area contributed by atoms with E-state index in [1.54, 1.807) is 17.0 Å². The van der Waals surface area contributed by atoms with Gasteiger partial charge in [-0.15, -0.1) is 0 Å². The second-order valence-corrected chi connectivity index (χ2v) is 10.4. The van der Waals surface area contributed by atoms with Crippen molar-refractivity contribution >= 4 is 31.9 Å². The molecule has 9 heteroatoms. The molecule has 2 aliphatic rings. The number of amides is 1. The second-order valence-electron chi connectivity index (χ2n) is 7.59. The van der Waals surface area contributed by atoms with Gasteiger partial charge < -0.3 is 9.64 Å². The molecule has 2 aliphatic heterocycles. The van der Waals surface area contributed by atoms with Gasteiger partial charge in [0, 0.05) is 42.5 Å². The lowest BCUT2D eigenvalue weighted by atomic mass is 10.00. The maximum absolute atomic E-state index is 13.6. The average molecular weight is 497 g/mol. The van der Waals surface area contributed by atoms with Gasteiger partial charge in [-0.3, -0.25) is 4.79 Å². The zero-order valence-electron chi connectivity index (χ0n) is 16.5. The Hall–Kier alpha value is -1.81. The van der Waals surface area contributed by atoms with E-state index in [9.17, 15) is 17.6 Å². The summed E-state index contributed by atoms with van der Waals surface area (Å²) >= 11 is 3.38. The number of hydrogen-bond donors (Lipinski definition) is 0. The minimum atomic E-state index is -3.85. The van der Waals surface area contributed by atoms with Crippen LogP contribution in [0.2, 0.25) is 0 Å². The molecule has 1 spiro atoms. The number of nitrogens with zero attached hydrogens (tertiary/aromatic N) is 2. The molecule has 0 bridgehead atoms. The number of rotatable bonds is 3. The Morgan fingerprint density at radius 3 is 2.53 bits per heavy atom. The Morgan fingerprint density at radius 2 is 1.87 bits per heavy atom. The van der Waals surface area contributed by atoms with Crippen LogP contribution < -0.4 is 0 Å². The molecule has 2 saturated heterocycles. The normalized spacial score (nSPS) is 19.4. The monoisotopic (exact) mass is 496 g/mol. The third kappa shape index (κ3) is 3.79. The molecule has 2 aromatic carbocycles. The van der Waals surface area contributed by atoms with Crippen LogP contribution >= 0.6 is 15.9 Å². The van der Waals surface area contributed by atoms with Gasteiger partial charge in [0.15, 0.2) is 0 Å². The van der Waals surface area contributed by atoms with Crippen molar-refractivity contribution in [1.82, 2.24) is 9.21 Å². The molecule has 6 nitrogen and oxygen atoms in total.